The van der Waals surface area contributed by atoms with Crippen LogP contribution in [0.5, 0.6) is 0 Å². The zero-order chi connectivity index (χ0) is 29.9. The molecule has 0 saturated carbocycles. The normalized spacial score (nSPS) is 12.3. The maximum absolute atomic E-state index is 2.47. The Bertz CT molecular complexity index is 2810. The van der Waals surface area contributed by atoms with E-state index in [0.29, 0.717) is 0 Å². The lowest BCUT2D eigenvalue weighted by Gasteiger charge is -2.12. The molecule has 4 heterocycles. The van der Waals surface area contributed by atoms with Gasteiger partial charge in [-0.25, -0.2) is 0 Å². The van der Waals surface area contributed by atoms with Gasteiger partial charge in [-0.3, -0.25) is 0 Å². The fraction of sp³-hybridized carbons (Fsp3) is 0. The van der Waals surface area contributed by atoms with E-state index in [1.165, 1.54) is 95.3 Å². The molecular formula is C42H24N2S2. The molecule has 0 saturated heterocycles. The van der Waals surface area contributed by atoms with Gasteiger partial charge in [0, 0.05) is 63.9 Å². The summed E-state index contributed by atoms with van der Waals surface area (Å²) >= 11 is 3.80. The third-order valence-electron chi connectivity index (χ3n) is 9.73. The molecule has 0 amide bonds. The lowest BCUT2D eigenvalue weighted by atomic mass is 10.1. The summed E-state index contributed by atoms with van der Waals surface area (Å²) in [4.78, 5) is 0. The molecule has 0 N–H and O–H groups in total. The topological polar surface area (TPSA) is 9.86 Å². The van der Waals surface area contributed by atoms with Crippen LogP contribution in [0.25, 0.3) is 95.3 Å². The van der Waals surface area contributed by atoms with Crippen LogP contribution in [0.2, 0.25) is 0 Å². The summed E-state index contributed by atoms with van der Waals surface area (Å²) in [5.41, 5.74) is 7.39. The first-order valence-electron chi connectivity index (χ1n) is 15.6. The number of thiophene rings is 2. The molecule has 7 aromatic carbocycles. The molecule has 11 rings (SSSR count). The molecule has 46 heavy (non-hydrogen) atoms. The van der Waals surface area contributed by atoms with Gasteiger partial charge in [0.1, 0.15) is 0 Å². The second-order valence-electron chi connectivity index (χ2n) is 12.1. The number of hydrogen-bond donors (Lipinski definition) is 0. The highest BCUT2D eigenvalue weighted by molar-refractivity contribution is 7.27. The van der Waals surface area contributed by atoms with Gasteiger partial charge in [0.15, 0.2) is 0 Å². The maximum atomic E-state index is 2.47. The predicted molar refractivity (Wildman–Crippen MR) is 201 cm³/mol. The Balaban J connectivity index is 1.20. The quantitative estimate of drug-likeness (QED) is 0.182. The second-order valence-corrected chi connectivity index (χ2v) is 14.2. The Morgan fingerprint density at radius 2 is 0.674 bits per heavy atom. The van der Waals surface area contributed by atoms with Gasteiger partial charge in [-0.1, -0.05) is 97.1 Å². The van der Waals surface area contributed by atoms with Gasteiger partial charge in [-0.2, -0.15) is 0 Å². The van der Waals surface area contributed by atoms with Gasteiger partial charge in [0.2, 0.25) is 0 Å². The molecule has 4 aromatic heterocycles. The number of benzene rings is 7. The highest BCUT2D eigenvalue weighted by atomic mass is 32.1. The smallest absolute Gasteiger partial charge is 0.0719 e. The van der Waals surface area contributed by atoms with Gasteiger partial charge in [0.25, 0.3) is 0 Å². The summed E-state index contributed by atoms with van der Waals surface area (Å²) in [6.07, 6.45) is 0. The Hall–Kier alpha value is -5.42. The SMILES string of the molecule is c1ccc2c(c1)sc1c2ccc2c3ccccc3n(-c3ccc(-n4c5ccccc5c5ccc6c7ccccc7sc6c54)cc3)c21. The molecule has 2 nitrogen and oxygen atoms in total. The first-order chi connectivity index (χ1) is 22.8. The minimum absolute atomic E-state index is 1.17. The van der Waals surface area contributed by atoms with Gasteiger partial charge in [0.05, 0.1) is 31.5 Å². The van der Waals surface area contributed by atoms with Crippen molar-refractivity contribution in [1.82, 2.24) is 9.13 Å². The molecule has 0 radical (unpaired) electrons. The van der Waals surface area contributed by atoms with Crippen molar-refractivity contribution < 1.29 is 0 Å². The van der Waals surface area contributed by atoms with E-state index >= 15 is 0 Å². The van der Waals surface area contributed by atoms with Crippen molar-refractivity contribution in [3.8, 4) is 11.4 Å². The van der Waals surface area contributed by atoms with Crippen molar-refractivity contribution in [2.45, 2.75) is 0 Å². The number of aromatic nitrogens is 2. The summed E-state index contributed by atoms with van der Waals surface area (Å²) in [5, 5.41) is 10.5. The highest BCUT2D eigenvalue weighted by Crippen LogP contribution is 2.45. The van der Waals surface area contributed by atoms with Crippen LogP contribution in [0.15, 0.2) is 146 Å². The first kappa shape index (κ1) is 24.8. The summed E-state index contributed by atoms with van der Waals surface area (Å²) < 4.78 is 10.3. The zero-order valence-corrected chi connectivity index (χ0v) is 26.2. The van der Waals surface area contributed by atoms with Crippen LogP contribution in [0.1, 0.15) is 0 Å². The summed E-state index contributed by atoms with van der Waals surface area (Å²) in [6, 6.07) is 53.7. The fourth-order valence-corrected chi connectivity index (χ4v) is 10.2. The molecule has 0 unspecified atom stereocenters. The minimum atomic E-state index is 1.17. The lowest BCUT2D eigenvalue weighted by Crippen LogP contribution is -1.97. The number of nitrogens with zero attached hydrogens (tertiary/aromatic N) is 2. The van der Waals surface area contributed by atoms with E-state index < -0.39 is 0 Å². The van der Waals surface area contributed by atoms with Gasteiger partial charge in [-0.05, 0) is 48.5 Å². The van der Waals surface area contributed by atoms with E-state index in [1.807, 2.05) is 22.7 Å². The van der Waals surface area contributed by atoms with Crippen LogP contribution in [0.4, 0.5) is 0 Å². The minimum Gasteiger partial charge on any atom is -0.308 e. The van der Waals surface area contributed by atoms with E-state index in [0.717, 1.165) is 0 Å². The van der Waals surface area contributed by atoms with Crippen LogP contribution in [0, 0.1) is 0 Å². The Labute approximate surface area is 271 Å². The third kappa shape index (κ3) is 3.20. The second kappa shape index (κ2) is 9.07. The van der Waals surface area contributed by atoms with Crippen LogP contribution in [0.3, 0.4) is 0 Å². The third-order valence-corrected chi connectivity index (χ3v) is 12.1. The van der Waals surface area contributed by atoms with E-state index in [2.05, 4.69) is 155 Å². The standard InChI is InChI=1S/C42H24N2S2/c1-5-13-35-27(9-1)31-21-23-33-29-11-3-7-15-37(29)45-41(33)39(31)43(35)25-17-19-26(20-18-25)44-36-14-6-2-10-28(36)32-22-24-34-30-12-4-8-16-38(30)46-42(34)40(32)44/h1-24H. The number of fused-ring (bicyclic) bond motifs is 14. The molecule has 0 aliphatic carbocycles. The van der Waals surface area contributed by atoms with E-state index in [-0.39, 0.29) is 0 Å². The fourth-order valence-electron chi connectivity index (χ4n) is 7.75. The molecule has 0 atom stereocenters. The number of rotatable bonds is 2. The molecule has 0 bridgehead atoms. The average molecular weight is 621 g/mol. The highest BCUT2D eigenvalue weighted by Gasteiger charge is 2.20. The van der Waals surface area contributed by atoms with Crippen molar-refractivity contribution in [3.63, 3.8) is 0 Å². The largest absolute Gasteiger partial charge is 0.308 e. The Kier molecular flexibility index (Phi) is 4.90. The molecule has 4 heteroatoms. The zero-order valence-electron chi connectivity index (χ0n) is 24.6. The van der Waals surface area contributed by atoms with Crippen molar-refractivity contribution in [3.05, 3.63) is 146 Å². The lowest BCUT2D eigenvalue weighted by molar-refractivity contribution is 1.15. The van der Waals surface area contributed by atoms with Crippen molar-refractivity contribution in [2.75, 3.05) is 0 Å². The van der Waals surface area contributed by atoms with E-state index in [9.17, 15) is 0 Å². The first-order valence-corrected chi connectivity index (χ1v) is 17.2. The van der Waals surface area contributed by atoms with E-state index in [4.69, 9.17) is 0 Å². The van der Waals surface area contributed by atoms with Crippen molar-refractivity contribution in [1.29, 1.82) is 0 Å². The molecule has 0 spiro atoms. The van der Waals surface area contributed by atoms with Crippen LogP contribution < -0.4 is 0 Å². The summed E-state index contributed by atoms with van der Waals surface area (Å²) in [5.74, 6) is 0. The van der Waals surface area contributed by atoms with Crippen LogP contribution >= 0.6 is 22.7 Å². The van der Waals surface area contributed by atoms with Gasteiger partial charge >= 0.3 is 0 Å². The Morgan fingerprint density at radius 3 is 1.13 bits per heavy atom. The van der Waals surface area contributed by atoms with Crippen molar-refractivity contribution >= 4 is 107 Å². The molecule has 0 fully saturated rings. The van der Waals surface area contributed by atoms with Crippen molar-refractivity contribution in [2.24, 2.45) is 0 Å². The molecule has 0 aliphatic heterocycles. The summed E-state index contributed by atoms with van der Waals surface area (Å²) in [7, 11) is 0. The predicted octanol–water partition coefficient (Wildman–Crippen LogP) is 12.6. The number of hydrogen-bond acceptors (Lipinski definition) is 2. The van der Waals surface area contributed by atoms with Crippen LogP contribution in [-0.2, 0) is 0 Å². The van der Waals surface area contributed by atoms with Crippen LogP contribution in [-0.4, -0.2) is 9.13 Å². The van der Waals surface area contributed by atoms with E-state index in [1.54, 1.807) is 0 Å². The molecule has 0 aliphatic rings. The maximum Gasteiger partial charge on any atom is 0.0719 e. The van der Waals surface area contributed by atoms with Gasteiger partial charge in [-0.15, -0.1) is 22.7 Å². The number of para-hydroxylation sites is 2. The molecule has 11 aromatic rings. The van der Waals surface area contributed by atoms with Gasteiger partial charge < -0.3 is 9.13 Å². The summed E-state index contributed by atoms with van der Waals surface area (Å²) in [6.45, 7) is 0. The Morgan fingerprint density at radius 1 is 0.304 bits per heavy atom. The molecular weight excluding hydrogens is 597 g/mol. The average Bonchev–Trinajstić information content (AvgIpc) is 3.86. The molecule has 214 valence electrons. The monoisotopic (exact) mass is 620 g/mol.